The molecule has 1 amide bonds. The Morgan fingerprint density at radius 3 is 2.69 bits per heavy atom. The van der Waals surface area contributed by atoms with Crippen molar-refractivity contribution in [2.24, 2.45) is 0 Å². The van der Waals surface area contributed by atoms with Gasteiger partial charge in [0.05, 0.1) is 6.61 Å². The van der Waals surface area contributed by atoms with Crippen LogP contribution >= 0.6 is 0 Å². The SMILES string of the molecule is CC#CC(=O)N(CCO)C1CCC1. The summed E-state index contributed by atoms with van der Waals surface area (Å²) >= 11 is 0. The fourth-order valence-electron chi connectivity index (χ4n) is 1.43. The first-order chi connectivity index (χ1) is 6.29. The molecular weight excluding hydrogens is 166 g/mol. The maximum absolute atomic E-state index is 11.4. The van der Waals surface area contributed by atoms with Crippen molar-refractivity contribution in [3.8, 4) is 11.8 Å². The van der Waals surface area contributed by atoms with Gasteiger partial charge in [0.2, 0.25) is 0 Å². The van der Waals surface area contributed by atoms with E-state index in [0.717, 1.165) is 12.8 Å². The van der Waals surface area contributed by atoms with E-state index < -0.39 is 0 Å². The number of carbonyl (C=O) groups is 1. The van der Waals surface area contributed by atoms with E-state index in [1.54, 1.807) is 11.8 Å². The maximum Gasteiger partial charge on any atom is 0.298 e. The van der Waals surface area contributed by atoms with Crippen LogP contribution in [0, 0.1) is 11.8 Å². The van der Waals surface area contributed by atoms with E-state index in [9.17, 15) is 4.79 Å². The Kier molecular flexibility index (Phi) is 3.78. The van der Waals surface area contributed by atoms with Crippen molar-refractivity contribution < 1.29 is 9.90 Å². The van der Waals surface area contributed by atoms with Crippen molar-refractivity contribution >= 4 is 5.91 Å². The van der Waals surface area contributed by atoms with Gasteiger partial charge in [-0.25, -0.2) is 0 Å². The quantitative estimate of drug-likeness (QED) is 0.639. The van der Waals surface area contributed by atoms with Crippen molar-refractivity contribution in [3.05, 3.63) is 0 Å². The number of nitrogens with zero attached hydrogens (tertiary/aromatic N) is 1. The molecule has 0 heterocycles. The van der Waals surface area contributed by atoms with Crippen LogP contribution in [-0.2, 0) is 4.79 Å². The highest BCUT2D eigenvalue weighted by Crippen LogP contribution is 2.24. The second kappa shape index (κ2) is 4.88. The van der Waals surface area contributed by atoms with Gasteiger partial charge in [0.1, 0.15) is 0 Å². The lowest BCUT2D eigenvalue weighted by atomic mass is 9.91. The van der Waals surface area contributed by atoms with Crippen LogP contribution in [0.5, 0.6) is 0 Å². The zero-order valence-corrected chi connectivity index (χ0v) is 7.92. The summed E-state index contributed by atoms with van der Waals surface area (Å²) in [6, 6.07) is 0.320. The normalized spacial score (nSPS) is 15.5. The molecule has 0 aromatic rings. The van der Waals surface area contributed by atoms with Crippen LogP contribution in [-0.4, -0.2) is 35.1 Å². The van der Waals surface area contributed by atoms with Gasteiger partial charge >= 0.3 is 0 Å². The van der Waals surface area contributed by atoms with Crippen LogP contribution < -0.4 is 0 Å². The van der Waals surface area contributed by atoms with Crippen LogP contribution in [0.2, 0.25) is 0 Å². The van der Waals surface area contributed by atoms with Gasteiger partial charge in [-0.05, 0) is 32.1 Å². The molecule has 0 aliphatic heterocycles. The Labute approximate surface area is 78.7 Å². The Balaban J connectivity index is 2.53. The zero-order valence-electron chi connectivity index (χ0n) is 7.92. The van der Waals surface area contributed by atoms with Gasteiger partial charge in [-0.3, -0.25) is 4.79 Å². The topological polar surface area (TPSA) is 40.5 Å². The molecule has 0 aromatic heterocycles. The second-order valence-electron chi connectivity index (χ2n) is 3.18. The van der Waals surface area contributed by atoms with Crippen LogP contribution in [0.3, 0.4) is 0 Å². The number of rotatable bonds is 3. The smallest absolute Gasteiger partial charge is 0.298 e. The second-order valence-corrected chi connectivity index (χ2v) is 3.18. The van der Waals surface area contributed by atoms with Gasteiger partial charge in [-0.15, -0.1) is 0 Å². The molecule has 1 aliphatic rings. The van der Waals surface area contributed by atoms with Gasteiger partial charge in [0.15, 0.2) is 0 Å². The van der Waals surface area contributed by atoms with E-state index in [1.807, 2.05) is 0 Å². The number of aliphatic hydroxyl groups excluding tert-OH is 1. The van der Waals surface area contributed by atoms with E-state index in [4.69, 9.17) is 5.11 Å². The van der Waals surface area contributed by atoms with Gasteiger partial charge in [-0.1, -0.05) is 5.92 Å². The summed E-state index contributed by atoms with van der Waals surface area (Å²) in [6.45, 7) is 2.08. The highest BCUT2D eigenvalue weighted by Gasteiger charge is 2.27. The van der Waals surface area contributed by atoms with Gasteiger partial charge in [-0.2, -0.15) is 0 Å². The largest absolute Gasteiger partial charge is 0.395 e. The summed E-state index contributed by atoms with van der Waals surface area (Å²) in [4.78, 5) is 13.1. The molecular formula is C10H15NO2. The standard InChI is InChI=1S/C10H15NO2/c1-2-4-10(13)11(7-8-12)9-5-3-6-9/h9,12H,3,5-8H2,1H3. The van der Waals surface area contributed by atoms with Crippen molar-refractivity contribution in [2.75, 3.05) is 13.2 Å². The Morgan fingerprint density at radius 1 is 1.62 bits per heavy atom. The molecule has 0 bridgehead atoms. The van der Waals surface area contributed by atoms with Crippen LogP contribution in [0.15, 0.2) is 0 Å². The Bertz CT molecular complexity index is 235. The first kappa shape index (κ1) is 10.1. The lowest BCUT2D eigenvalue weighted by Crippen LogP contribution is -2.45. The van der Waals surface area contributed by atoms with Crippen LogP contribution in [0.4, 0.5) is 0 Å². The van der Waals surface area contributed by atoms with Gasteiger partial charge in [0.25, 0.3) is 5.91 Å². The molecule has 72 valence electrons. The Hall–Kier alpha value is -1.01. The summed E-state index contributed by atoms with van der Waals surface area (Å²) < 4.78 is 0. The zero-order chi connectivity index (χ0) is 9.68. The van der Waals surface area contributed by atoms with E-state index in [-0.39, 0.29) is 12.5 Å². The molecule has 0 aromatic carbocycles. The number of aliphatic hydroxyl groups is 1. The summed E-state index contributed by atoms with van der Waals surface area (Å²) in [5, 5.41) is 8.78. The van der Waals surface area contributed by atoms with E-state index >= 15 is 0 Å². The lowest BCUT2D eigenvalue weighted by Gasteiger charge is -2.35. The molecule has 0 radical (unpaired) electrons. The molecule has 1 rings (SSSR count). The van der Waals surface area contributed by atoms with Crippen LogP contribution in [0.1, 0.15) is 26.2 Å². The van der Waals surface area contributed by atoms with Crippen molar-refractivity contribution in [1.29, 1.82) is 0 Å². The third-order valence-electron chi connectivity index (χ3n) is 2.35. The maximum atomic E-state index is 11.4. The third-order valence-corrected chi connectivity index (χ3v) is 2.35. The fraction of sp³-hybridized carbons (Fsp3) is 0.700. The minimum absolute atomic E-state index is 0.0215. The van der Waals surface area contributed by atoms with E-state index in [2.05, 4.69) is 11.8 Å². The predicted octanol–water partition coefficient (Wildman–Crippen LogP) is 0.383. The average molecular weight is 181 g/mol. The number of hydrogen-bond donors (Lipinski definition) is 1. The molecule has 1 fully saturated rings. The monoisotopic (exact) mass is 181 g/mol. The molecule has 0 atom stereocenters. The van der Waals surface area contributed by atoms with Crippen molar-refractivity contribution in [1.82, 2.24) is 4.90 Å². The van der Waals surface area contributed by atoms with Crippen LogP contribution in [0.25, 0.3) is 0 Å². The number of amides is 1. The van der Waals surface area contributed by atoms with Crippen molar-refractivity contribution in [2.45, 2.75) is 32.2 Å². The van der Waals surface area contributed by atoms with Gasteiger partial charge < -0.3 is 10.0 Å². The van der Waals surface area contributed by atoms with E-state index in [0.29, 0.717) is 12.6 Å². The molecule has 0 saturated heterocycles. The minimum atomic E-state index is -0.152. The number of carbonyl (C=O) groups excluding carboxylic acids is 1. The van der Waals surface area contributed by atoms with E-state index in [1.165, 1.54) is 6.42 Å². The highest BCUT2D eigenvalue weighted by atomic mass is 16.3. The lowest BCUT2D eigenvalue weighted by molar-refractivity contribution is -0.129. The summed E-state index contributed by atoms with van der Waals surface area (Å²) in [7, 11) is 0. The summed E-state index contributed by atoms with van der Waals surface area (Å²) in [6.07, 6.45) is 3.29. The molecule has 1 saturated carbocycles. The highest BCUT2D eigenvalue weighted by molar-refractivity contribution is 5.93. The summed E-state index contributed by atoms with van der Waals surface area (Å²) in [5.74, 6) is 4.94. The molecule has 3 nitrogen and oxygen atoms in total. The third kappa shape index (κ3) is 2.46. The molecule has 13 heavy (non-hydrogen) atoms. The fourth-order valence-corrected chi connectivity index (χ4v) is 1.43. The number of hydrogen-bond acceptors (Lipinski definition) is 2. The molecule has 1 aliphatic carbocycles. The average Bonchev–Trinajstić information content (AvgIpc) is 2.01. The minimum Gasteiger partial charge on any atom is -0.395 e. The molecule has 1 N–H and O–H groups in total. The molecule has 3 heteroatoms. The van der Waals surface area contributed by atoms with Crippen molar-refractivity contribution in [3.63, 3.8) is 0 Å². The first-order valence-corrected chi connectivity index (χ1v) is 4.63. The molecule has 0 spiro atoms. The predicted molar refractivity (Wildman–Crippen MR) is 49.9 cm³/mol. The Morgan fingerprint density at radius 2 is 2.31 bits per heavy atom. The summed E-state index contributed by atoms with van der Waals surface area (Å²) in [5.41, 5.74) is 0. The molecule has 0 unspecified atom stereocenters. The first-order valence-electron chi connectivity index (χ1n) is 4.63. The van der Waals surface area contributed by atoms with Gasteiger partial charge in [0, 0.05) is 12.6 Å².